The molecule has 0 unspecified atom stereocenters. The Morgan fingerprint density at radius 2 is 1.52 bits per heavy atom. The van der Waals surface area contributed by atoms with Crippen molar-refractivity contribution < 1.29 is 0 Å². The van der Waals surface area contributed by atoms with E-state index in [1.807, 2.05) is 6.07 Å². The predicted molar refractivity (Wildman–Crippen MR) is 88.9 cm³/mol. The minimum atomic E-state index is 0.951. The van der Waals surface area contributed by atoms with Gasteiger partial charge in [0.25, 0.3) is 0 Å². The zero-order valence-electron chi connectivity index (χ0n) is 11.7. The third-order valence-electron chi connectivity index (χ3n) is 3.94. The smallest absolute Gasteiger partial charge is 0.0700 e. The highest BCUT2D eigenvalue weighted by molar-refractivity contribution is 6.05. The highest BCUT2D eigenvalue weighted by atomic mass is 15.5. The molecule has 1 aliphatic heterocycles. The maximum absolute atomic E-state index is 4.79. The molecule has 2 nitrogen and oxygen atoms in total. The lowest BCUT2D eigenvalue weighted by molar-refractivity contribution is 0.922. The van der Waals surface area contributed by atoms with Gasteiger partial charge in [0.1, 0.15) is 0 Å². The number of hydrazone groups is 1. The molecule has 0 aromatic heterocycles. The maximum Gasteiger partial charge on any atom is 0.0700 e. The van der Waals surface area contributed by atoms with Crippen molar-refractivity contribution in [2.24, 2.45) is 5.10 Å². The lowest BCUT2D eigenvalue weighted by Crippen LogP contribution is -2.11. The summed E-state index contributed by atoms with van der Waals surface area (Å²) in [7, 11) is 0. The lowest BCUT2D eigenvalue weighted by Gasteiger charge is -2.12. The zero-order chi connectivity index (χ0) is 14.1. The van der Waals surface area contributed by atoms with Crippen LogP contribution in [0.3, 0.4) is 0 Å². The van der Waals surface area contributed by atoms with Crippen molar-refractivity contribution in [3.05, 3.63) is 78.4 Å². The van der Waals surface area contributed by atoms with Gasteiger partial charge >= 0.3 is 0 Å². The summed E-state index contributed by atoms with van der Waals surface area (Å²) in [6, 6.07) is 25.4. The Morgan fingerprint density at radius 1 is 0.762 bits per heavy atom. The largest absolute Gasteiger partial charge is 0.265 e. The zero-order valence-corrected chi connectivity index (χ0v) is 11.7. The van der Waals surface area contributed by atoms with Crippen molar-refractivity contribution in [3.63, 3.8) is 0 Å². The van der Waals surface area contributed by atoms with E-state index in [9.17, 15) is 0 Å². The predicted octanol–water partition coefficient (Wildman–Crippen LogP) is 4.45. The second kappa shape index (κ2) is 5.06. The molecular weight excluding hydrogens is 256 g/mol. The summed E-state index contributed by atoms with van der Waals surface area (Å²) in [5.41, 5.74) is 3.56. The molecule has 0 atom stereocenters. The molecule has 0 aliphatic carbocycles. The Morgan fingerprint density at radius 3 is 2.38 bits per heavy atom. The monoisotopic (exact) mass is 272 g/mol. The van der Waals surface area contributed by atoms with E-state index in [1.54, 1.807) is 0 Å². The average Bonchev–Trinajstić information content (AvgIpc) is 3.05. The molecule has 1 heterocycles. The standard InChI is InChI=1S/C19H16N2/c1-2-8-18(9-3-1)21-13-12-19(20-21)17-11-10-15-6-4-5-7-16(15)14-17/h1-11,14H,12-13H2. The third-order valence-corrected chi connectivity index (χ3v) is 3.94. The van der Waals surface area contributed by atoms with Crippen LogP contribution in [-0.4, -0.2) is 12.3 Å². The molecule has 0 bridgehead atoms. The molecule has 0 saturated heterocycles. The van der Waals surface area contributed by atoms with Gasteiger partial charge in [-0.25, -0.2) is 0 Å². The van der Waals surface area contributed by atoms with Crippen molar-refractivity contribution in [2.45, 2.75) is 6.42 Å². The summed E-state index contributed by atoms with van der Waals surface area (Å²) < 4.78 is 0. The number of benzene rings is 3. The number of para-hydroxylation sites is 1. The molecular formula is C19H16N2. The van der Waals surface area contributed by atoms with Crippen molar-refractivity contribution in [3.8, 4) is 0 Å². The van der Waals surface area contributed by atoms with Crippen molar-refractivity contribution in [2.75, 3.05) is 11.6 Å². The Bertz CT molecular complexity index is 806. The summed E-state index contributed by atoms with van der Waals surface area (Å²) >= 11 is 0. The fraction of sp³-hybridized carbons (Fsp3) is 0.105. The normalized spacial score (nSPS) is 14.5. The summed E-state index contributed by atoms with van der Waals surface area (Å²) in [6.45, 7) is 0.951. The van der Waals surface area contributed by atoms with Gasteiger partial charge in [-0.1, -0.05) is 54.6 Å². The van der Waals surface area contributed by atoms with Gasteiger partial charge in [-0.15, -0.1) is 0 Å². The molecule has 3 aromatic rings. The van der Waals surface area contributed by atoms with Crippen LogP contribution in [0.5, 0.6) is 0 Å². The highest BCUT2D eigenvalue weighted by Gasteiger charge is 2.17. The topological polar surface area (TPSA) is 15.6 Å². The highest BCUT2D eigenvalue weighted by Crippen LogP contribution is 2.23. The first-order chi connectivity index (χ1) is 10.4. The first-order valence-electron chi connectivity index (χ1n) is 7.29. The van der Waals surface area contributed by atoms with E-state index in [4.69, 9.17) is 5.10 Å². The van der Waals surface area contributed by atoms with Gasteiger partial charge in [0.05, 0.1) is 11.4 Å². The number of anilines is 1. The van der Waals surface area contributed by atoms with Crippen LogP contribution in [-0.2, 0) is 0 Å². The van der Waals surface area contributed by atoms with E-state index < -0.39 is 0 Å². The van der Waals surface area contributed by atoms with E-state index in [0.717, 1.165) is 18.7 Å². The second-order valence-corrected chi connectivity index (χ2v) is 5.32. The quantitative estimate of drug-likeness (QED) is 0.672. The van der Waals surface area contributed by atoms with Crippen molar-refractivity contribution >= 4 is 22.2 Å². The fourth-order valence-electron chi connectivity index (χ4n) is 2.82. The summed E-state index contributed by atoms with van der Waals surface area (Å²) in [6.07, 6.45) is 0.993. The molecule has 3 aromatic carbocycles. The van der Waals surface area contributed by atoms with E-state index in [1.165, 1.54) is 22.0 Å². The SMILES string of the molecule is c1ccc(N2CCC(c3ccc4ccccc4c3)=N2)cc1. The van der Waals surface area contributed by atoms with E-state index in [-0.39, 0.29) is 0 Å². The second-order valence-electron chi connectivity index (χ2n) is 5.32. The molecule has 1 aliphatic rings. The molecule has 2 heteroatoms. The minimum Gasteiger partial charge on any atom is -0.265 e. The lowest BCUT2D eigenvalue weighted by atomic mass is 10.0. The molecule has 21 heavy (non-hydrogen) atoms. The van der Waals surface area contributed by atoms with Crippen molar-refractivity contribution in [1.82, 2.24) is 0 Å². The Labute approximate surface area is 124 Å². The number of fused-ring (bicyclic) bond motifs is 1. The number of rotatable bonds is 2. The van der Waals surface area contributed by atoms with Gasteiger partial charge in [-0.2, -0.15) is 5.10 Å². The fourth-order valence-corrected chi connectivity index (χ4v) is 2.82. The van der Waals surface area contributed by atoms with Crippen LogP contribution in [0.4, 0.5) is 5.69 Å². The van der Waals surface area contributed by atoms with Gasteiger partial charge in [0.15, 0.2) is 0 Å². The summed E-state index contributed by atoms with van der Waals surface area (Å²) in [5.74, 6) is 0. The van der Waals surface area contributed by atoms with Gasteiger partial charge in [0, 0.05) is 13.0 Å². The first-order valence-corrected chi connectivity index (χ1v) is 7.29. The van der Waals surface area contributed by atoms with Gasteiger partial charge in [-0.3, -0.25) is 5.01 Å². The first kappa shape index (κ1) is 12.2. The summed E-state index contributed by atoms with van der Waals surface area (Å²) in [4.78, 5) is 0. The number of nitrogens with zero attached hydrogens (tertiary/aromatic N) is 2. The molecule has 0 saturated carbocycles. The Balaban J connectivity index is 1.69. The maximum atomic E-state index is 4.79. The van der Waals surface area contributed by atoms with Crippen LogP contribution >= 0.6 is 0 Å². The Kier molecular flexibility index (Phi) is 2.93. The van der Waals surface area contributed by atoms with Crippen LogP contribution in [0.25, 0.3) is 10.8 Å². The van der Waals surface area contributed by atoms with E-state index >= 15 is 0 Å². The van der Waals surface area contributed by atoms with Crippen LogP contribution in [0.2, 0.25) is 0 Å². The molecule has 4 rings (SSSR count). The molecule has 102 valence electrons. The van der Waals surface area contributed by atoms with Crippen LogP contribution in [0.1, 0.15) is 12.0 Å². The number of hydrogen-bond donors (Lipinski definition) is 0. The summed E-state index contributed by atoms with van der Waals surface area (Å²) in [5, 5.41) is 9.42. The van der Waals surface area contributed by atoms with Crippen LogP contribution < -0.4 is 5.01 Å². The number of hydrogen-bond acceptors (Lipinski definition) is 2. The Hall–Kier alpha value is -2.61. The minimum absolute atomic E-state index is 0.951. The van der Waals surface area contributed by atoms with Gasteiger partial charge in [-0.05, 0) is 34.5 Å². The molecule has 0 amide bonds. The van der Waals surface area contributed by atoms with Crippen molar-refractivity contribution in [1.29, 1.82) is 0 Å². The van der Waals surface area contributed by atoms with Gasteiger partial charge < -0.3 is 0 Å². The van der Waals surface area contributed by atoms with Gasteiger partial charge in [0.2, 0.25) is 0 Å². The average molecular weight is 272 g/mol. The molecule has 0 radical (unpaired) electrons. The van der Waals surface area contributed by atoms with E-state index in [2.05, 4.69) is 71.7 Å². The van der Waals surface area contributed by atoms with E-state index in [0.29, 0.717) is 0 Å². The molecule has 0 N–H and O–H groups in total. The molecule has 0 spiro atoms. The van der Waals surface area contributed by atoms with Crippen LogP contribution in [0.15, 0.2) is 77.9 Å². The van der Waals surface area contributed by atoms with Crippen LogP contribution in [0, 0.1) is 0 Å². The molecule has 0 fully saturated rings. The third kappa shape index (κ3) is 2.29.